The van der Waals surface area contributed by atoms with Gasteiger partial charge >= 0.3 is 29.7 Å². The predicted octanol–water partition coefficient (Wildman–Crippen LogP) is 0.212. The molecule has 1 radical (unpaired) electrons. The molecule has 0 aliphatic heterocycles. The van der Waals surface area contributed by atoms with Crippen LogP contribution in [-0.2, 0) is 0 Å². The Labute approximate surface area is 48.7 Å². The van der Waals surface area contributed by atoms with Crippen molar-refractivity contribution in [3.8, 4) is 0 Å². The van der Waals surface area contributed by atoms with Gasteiger partial charge in [0.05, 0.1) is 0 Å². The summed E-state index contributed by atoms with van der Waals surface area (Å²) in [5.41, 5.74) is 0. The molecule has 0 saturated carbocycles. The first-order chi connectivity index (χ1) is 1.41. The third-order valence-corrected chi connectivity index (χ3v) is 0. The molecule has 0 aromatic carbocycles. The van der Waals surface area contributed by atoms with Gasteiger partial charge in [0.2, 0.25) is 0 Å². The van der Waals surface area contributed by atoms with Gasteiger partial charge in [-0.25, -0.2) is 0 Å². The molecule has 4 heavy (non-hydrogen) atoms. The molecule has 0 nitrogen and oxygen atoms in total. The van der Waals surface area contributed by atoms with Crippen LogP contribution in [-0.4, -0.2) is 36.6 Å². The van der Waals surface area contributed by atoms with Crippen molar-refractivity contribution in [3.05, 3.63) is 0 Å². The number of rotatable bonds is 0. The molecule has 0 amide bonds. The summed E-state index contributed by atoms with van der Waals surface area (Å²) in [5.74, 6) is 0. The van der Waals surface area contributed by atoms with E-state index in [-0.39, 0.29) is 18.9 Å². The molecule has 0 aromatic heterocycles. The van der Waals surface area contributed by atoms with Crippen LogP contribution in [0.3, 0.4) is 0 Å². The predicted molar refractivity (Wildman–Crippen MR) is 22.0 cm³/mol. The summed E-state index contributed by atoms with van der Waals surface area (Å²) in [7, 11) is 0. The van der Waals surface area contributed by atoms with Crippen molar-refractivity contribution < 1.29 is 0 Å². The molecule has 0 fully saturated rings. The van der Waals surface area contributed by atoms with E-state index in [9.17, 15) is 0 Å². The average molecular weight is 42.9 g/mol. The summed E-state index contributed by atoms with van der Waals surface area (Å²) in [6.45, 7) is 2.12. The van der Waals surface area contributed by atoms with Crippen LogP contribution < -0.4 is 0 Å². The van der Waals surface area contributed by atoms with Crippen LogP contribution in [0.25, 0.3) is 0 Å². The first-order valence-electron chi connectivity index (χ1n) is 1.41. The fourth-order valence-corrected chi connectivity index (χ4v) is 0. The minimum absolute atomic E-state index is 0. The van der Waals surface area contributed by atoms with Crippen molar-refractivity contribution >= 4 is 36.6 Å². The van der Waals surface area contributed by atoms with E-state index in [2.05, 4.69) is 24.6 Å². The van der Waals surface area contributed by atoms with Crippen LogP contribution in [0.4, 0.5) is 0 Å². The Bertz CT molecular complexity index is 4.00. The maximum atomic E-state index is 2.12. The zero-order chi connectivity index (χ0) is 2.71. The molecular formula is C2H5Li2. The van der Waals surface area contributed by atoms with Crippen molar-refractivity contribution in [2.24, 2.45) is 0 Å². The Morgan fingerprint density at radius 1 is 1.75 bits per heavy atom. The van der Waals surface area contributed by atoms with Crippen LogP contribution in [0.2, 0.25) is 5.09 Å². The van der Waals surface area contributed by atoms with E-state index in [0.717, 1.165) is 0 Å². The third-order valence-electron chi connectivity index (χ3n) is 0. The maximum absolute atomic E-state index is 2.12. The van der Waals surface area contributed by atoms with Gasteiger partial charge in [-0.05, 0) is 0 Å². The van der Waals surface area contributed by atoms with E-state index in [4.69, 9.17) is 0 Å². The minimum atomic E-state index is 0. The normalized spacial score (nSPS) is 4.75. The van der Waals surface area contributed by atoms with Crippen molar-refractivity contribution in [1.29, 1.82) is 0 Å². The van der Waals surface area contributed by atoms with E-state index in [1.54, 1.807) is 0 Å². The molecule has 0 bridgehead atoms. The van der Waals surface area contributed by atoms with Crippen LogP contribution in [0.5, 0.6) is 0 Å². The second kappa shape index (κ2) is 8.89. The van der Waals surface area contributed by atoms with Crippen molar-refractivity contribution in [2.45, 2.75) is 12.0 Å². The monoisotopic (exact) mass is 43.1 g/mol. The SMILES string of the molecule is [Li].[Li][CH2]C. The second-order valence-electron chi connectivity index (χ2n) is 0.707. The summed E-state index contributed by atoms with van der Waals surface area (Å²) >= 11 is 2.12. The molecule has 0 atom stereocenters. The van der Waals surface area contributed by atoms with Crippen molar-refractivity contribution in [1.82, 2.24) is 0 Å². The zero-order valence-corrected chi connectivity index (χ0v) is 3.71. The summed E-state index contributed by atoms with van der Waals surface area (Å²) in [6.07, 6.45) is 0. The van der Waals surface area contributed by atoms with E-state index >= 15 is 0 Å². The molecule has 0 heterocycles. The van der Waals surface area contributed by atoms with E-state index in [1.165, 1.54) is 5.09 Å². The van der Waals surface area contributed by atoms with Crippen LogP contribution in [0, 0.1) is 0 Å². The fraction of sp³-hybridized carbons (Fsp3) is 1.00. The van der Waals surface area contributed by atoms with Gasteiger partial charge in [-0.15, -0.1) is 0 Å². The molecule has 0 aromatic rings. The number of hydrogen-bond acceptors (Lipinski definition) is 0. The zero-order valence-electron chi connectivity index (χ0n) is 3.71. The summed E-state index contributed by atoms with van der Waals surface area (Å²) < 4.78 is 0. The van der Waals surface area contributed by atoms with Gasteiger partial charge in [0, 0.05) is 18.9 Å². The topological polar surface area (TPSA) is 0 Å². The summed E-state index contributed by atoms with van der Waals surface area (Å²) in [6, 6.07) is 0. The molecule has 15 valence electrons. The molecule has 0 aliphatic rings. The van der Waals surface area contributed by atoms with Gasteiger partial charge in [-0.3, -0.25) is 0 Å². The quantitative estimate of drug-likeness (QED) is 0.340. The van der Waals surface area contributed by atoms with Gasteiger partial charge in [0.1, 0.15) is 0 Å². The first-order valence-corrected chi connectivity index (χ1v) is 1.41. The molecule has 0 aliphatic carbocycles. The Morgan fingerprint density at radius 2 is 1.75 bits per heavy atom. The Morgan fingerprint density at radius 3 is 1.75 bits per heavy atom. The molecule has 0 unspecified atom stereocenters. The summed E-state index contributed by atoms with van der Waals surface area (Å²) in [4.78, 5) is 0. The number of hydrogen-bond donors (Lipinski definition) is 0. The van der Waals surface area contributed by atoms with Crippen LogP contribution >= 0.6 is 0 Å². The van der Waals surface area contributed by atoms with Gasteiger partial charge in [-0.1, -0.05) is 0 Å². The molecule has 0 spiro atoms. The fourth-order valence-electron chi connectivity index (χ4n) is 0. The van der Waals surface area contributed by atoms with Crippen molar-refractivity contribution in [2.75, 3.05) is 0 Å². The van der Waals surface area contributed by atoms with Crippen molar-refractivity contribution in [3.63, 3.8) is 0 Å². The third kappa shape index (κ3) is 10.8. The van der Waals surface area contributed by atoms with E-state index in [1.807, 2.05) is 0 Å². The average Bonchev–Trinajstić information content (AvgIpc) is 0.918. The van der Waals surface area contributed by atoms with Crippen LogP contribution in [0.1, 0.15) is 6.92 Å². The standard InChI is InChI=1S/C2H5.2Li/c1-2;;/h1H2,2H3;;. The molecule has 0 rings (SSSR count). The van der Waals surface area contributed by atoms with Crippen LogP contribution in [0.15, 0.2) is 0 Å². The molecule has 0 saturated heterocycles. The molecule has 2 heteroatoms. The molecular weight excluding hydrogens is 37.9 g/mol. The first kappa shape index (κ1) is 8.96. The second-order valence-corrected chi connectivity index (χ2v) is 0.707. The van der Waals surface area contributed by atoms with Gasteiger partial charge in [0.25, 0.3) is 0 Å². The van der Waals surface area contributed by atoms with E-state index in [0.29, 0.717) is 0 Å². The van der Waals surface area contributed by atoms with Gasteiger partial charge in [-0.2, -0.15) is 0 Å². The van der Waals surface area contributed by atoms with E-state index < -0.39 is 0 Å². The molecule has 0 N–H and O–H groups in total. The van der Waals surface area contributed by atoms with Gasteiger partial charge < -0.3 is 0 Å². The van der Waals surface area contributed by atoms with Gasteiger partial charge in [0.15, 0.2) is 0 Å². The Balaban J connectivity index is 0. The Kier molecular flexibility index (Phi) is 19.9. The summed E-state index contributed by atoms with van der Waals surface area (Å²) in [5, 5.41) is 1.25. The Hall–Kier alpha value is 1.19.